The molecule has 9 rings (SSSR count). The highest BCUT2D eigenvalue weighted by molar-refractivity contribution is 8.26. The Morgan fingerprint density at radius 1 is 0.517 bits per heavy atom. The molecule has 0 spiro atoms. The normalized spacial score (nSPS) is 16.3. The molecule has 2 amide bonds. The lowest BCUT2D eigenvalue weighted by atomic mass is 10.2. The Hall–Kier alpha value is -5.64. The minimum absolute atomic E-state index is 0.0257. The fourth-order valence-corrected chi connectivity index (χ4v) is 14.5. The third-order valence-electron chi connectivity index (χ3n) is 9.06. The van der Waals surface area contributed by atoms with E-state index < -0.39 is 31.9 Å². The number of nitrogens with zero attached hydrogens (tertiary/aromatic N) is 2. The highest BCUT2D eigenvalue weighted by Crippen LogP contribution is 2.68. The van der Waals surface area contributed by atoms with E-state index in [4.69, 9.17) is 9.47 Å². The number of rotatable bonds is 8. The van der Waals surface area contributed by atoms with Crippen molar-refractivity contribution in [3.63, 3.8) is 0 Å². The molecule has 0 saturated carbocycles. The van der Waals surface area contributed by atoms with Gasteiger partial charge in [0.15, 0.2) is 11.7 Å². The van der Waals surface area contributed by atoms with Gasteiger partial charge in [-0.2, -0.15) is 0 Å². The minimum atomic E-state index is -4.11. The van der Waals surface area contributed by atoms with Gasteiger partial charge < -0.3 is 20.1 Å². The zero-order valence-corrected chi connectivity index (χ0v) is 35.9. The summed E-state index contributed by atoms with van der Waals surface area (Å²) in [7, 11) is -5.24. The fourth-order valence-electron chi connectivity index (χ4n) is 6.42. The number of carbonyl (C=O) groups is 2. The SMILES string of the molecule is COc1c2c(c(OC)c3c1SC(=C(C(=O)Nc1ccccc1)C1=Nc4ccccc4S(=O)(=O)N1)S3)SC(=C(C(=O)Nc1ccccc1)C1=Nc3ccccc3S(=O)(=O)N1)S2. The third kappa shape index (κ3) is 7.21. The molecule has 302 valence electrons. The number of sulfonamides is 2. The number of fused-ring (bicyclic) bond motifs is 4. The van der Waals surface area contributed by atoms with Gasteiger partial charge in [0, 0.05) is 11.4 Å². The zero-order valence-electron chi connectivity index (χ0n) is 31.0. The van der Waals surface area contributed by atoms with Gasteiger partial charge in [-0.1, -0.05) is 108 Å². The molecule has 5 aromatic carbocycles. The van der Waals surface area contributed by atoms with Crippen molar-refractivity contribution < 1.29 is 35.9 Å². The van der Waals surface area contributed by atoms with Crippen LogP contribution in [0.2, 0.25) is 0 Å². The number of para-hydroxylation sites is 4. The number of hydrogen-bond donors (Lipinski definition) is 4. The maximum Gasteiger partial charge on any atom is 0.265 e. The molecule has 0 fully saturated rings. The number of methoxy groups -OCH3 is 2. The maximum absolute atomic E-state index is 14.3. The van der Waals surface area contributed by atoms with Crippen LogP contribution in [-0.4, -0.2) is 54.5 Å². The molecule has 60 heavy (non-hydrogen) atoms. The lowest BCUT2D eigenvalue weighted by Crippen LogP contribution is -2.38. The van der Waals surface area contributed by atoms with Gasteiger partial charge >= 0.3 is 0 Å². The summed E-state index contributed by atoms with van der Waals surface area (Å²) in [5.74, 6) is -0.795. The molecule has 4 N–H and O–H groups in total. The lowest BCUT2D eigenvalue weighted by Gasteiger charge is -2.20. The number of ether oxygens (including phenoxy) is 2. The van der Waals surface area contributed by atoms with Crippen LogP contribution in [0.25, 0.3) is 0 Å². The number of aliphatic imine (C=N–C) groups is 2. The molecule has 0 aliphatic carbocycles. The lowest BCUT2D eigenvalue weighted by molar-refractivity contribution is -0.113. The first-order chi connectivity index (χ1) is 29.0. The summed E-state index contributed by atoms with van der Waals surface area (Å²) in [4.78, 5) is 40.0. The summed E-state index contributed by atoms with van der Waals surface area (Å²) in [6.07, 6.45) is 0. The summed E-state index contributed by atoms with van der Waals surface area (Å²) >= 11 is 4.68. The molecule has 0 bridgehead atoms. The average molecular weight is 913 g/mol. The second-order valence-electron chi connectivity index (χ2n) is 12.8. The number of benzene rings is 5. The van der Waals surface area contributed by atoms with Crippen molar-refractivity contribution in [3.8, 4) is 11.5 Å². The summed E-state index contributed by atoms with van der Waals surface area (Å²) in [5.41, 5.74) is 1.24. The van der Waals surface area contributed by atoms with Gasteiger partial charge in [0.2, 0.25) is 0 Å². The Morgan fingerprint density at radius 3 is 1.20 bits per heavy atom. The highest BCUT2D eigenvalue weighted by Gasteiger charge is 2.42. The smallest absolute Gasteiger partial charge is 0.265 e. The van der Waals surface area contributed by atoms with Crippen LogP contribution in [0.4, 0.5) is 22.7 Å². The van der Waals surface area contributed by atoms with Crippen molar-refractivity contribution >= 4 is 113 Å². The molecule has 0 unspecified atom stereocenters. The van der Waals surface area contributed by atoms with Crippen LogP contribution in [0, 0.1) is 0 Å². The quantitative estimate of drug-likeness (QED) is 0.110. The van der Waals surface area contributed by atoms with Crippen molar-refractivity contribution in [2.45, 2.75) is 29.4 Å². The van der Waals surface area contributed by atoms with Crippen molar-refractivity contribution in [1.29, 1.82) is 0 Å². The number of anilines is 2. The number of nitrogens with one attached hydrogen (secondary N) is 4. The van der Waals surface area contributed by atoms with Crippen LogP contribution in [0.15, 0.2) is 168 Å². The maximum atomic E-state index is 14.3. The number of amides is 2. The van der Waals surface area contributed by atoms with Gasteiger partial charge in [-0.15, -0.1) is 0 Å². The molecule has 5 aromatic rings. The molecule has 0 radical (unpaired) electrons. The summed E-state index contributed by atoms with van der Waals surface area (Å²) < 4.78 is 71.9. The Balaban J connectivity index is 1.17. The van der Waals surface area contributed by atoms with Crippen LogP contribution in [0.3, 0.4) is 0 Å². The van der Waals surface area contributed by atoms with Gasteiger partial charge in [-0.3, -0.25) is 19.0 Å². The van der Waals surface area contributed by atoms with Gasteiger partial charge in [0.25, 0.3) is 31.9 Å². The number of amidine groups is 2. The molecule has 0 saturated heterocycles. The molecule has 14 nitrogen and oxygen atoms in total. The molecule has 4 aliphatic heterocycles. The van der Waals surface area contributed by atoms with Gasteiger partial charge in [-0.25, -0.2) is 26.8 Å². The summed E-state index contributed by atoms with van der Waals surface area (Å²) in [5, 5.41) is 5.74. The molecule has 4 aliphatic rings. The van der Waals surface area contributed by atoms with Crippen LogP contribution < -0.4 is 29.6 Å². The molecular weight excluding hydrogens is 885 g/mol. The largest absolute Gasteiger partial charge is 0.494 e. The second kappa shape index (κ2) is 15.8. The summed E-state index contributed by atoms with van der Waals surface area (Å²) in [6, 6.07) is 30.0. The fraction of sp³-hybridized carbons (Fsp3) is 0.0500. The Kier molecular flexibility index (Phi) is 10.5. The van der Waals surface area contributed by atoms with Gasteiger partial charge in [0.1, 0.15) is 32.4 Å². The van der Waals surface area contributed by atoms with E-state index in [1.54, 1.807) is 97.1 Å². The van der Waals surface area contributed by atoms with E-state index in [-0.39, 0.29) is 44.0 Å². The van der Waals surface area contributed by atoms with E-state index in [0.29, 0.717) is 50.9 Å². The molecule has 4 heterocycles. The van der Waals surface area contributed by atoms with Crippen LogP contribution in [-0.2, 0) is 29.6 Å². The van der Waals surface area contributed by atoms with E-state index >= 15 is 0 Å². The van der Waals surface area contributed by atoms with E-state index in [9.17, 15) is 26.4 Å². The first-order valence-electron chi connectivity index (χ1n) is 17.6. The van der Waals surface area contributed by atoms with Crippen molar-refractivity contribution in [1.82, 2.24) is 9.44 Å². The first kappa shape index (κ1) is 39.8. The zero-order chi connectivity index (χ0) is 41.8. The monoisotopic (exact) mass is 912 g/mol. The Bertz CT molecular complexity index is 2780. The molecular formula is C40H28N6O8S6. The molecule has 20 heteroatoms. The van der Waals surface area contributed by atoms with Crippen molar-refractivity contribution in [2.24, 2.45) is 9.98 Å². The van der Waals surface area contributed by atoms with E-state index in [2.05, 4.69) is 30.1 Å². The second-order valence-corrected chi connectivity index (χ2v) is 20.7. The van der Waals surface area contributed by atoms with E-state index in [1.165, 1.54) is 73.4 Å². The number of hydrogen-bond acceptors (Lipinski definition) is 14. The van der Waals surface area contributed by atoms with Crippen molar-refractivity contribution in [3.05, 3.63) is 129 Å². The summed E-state index contributed by atoms with van der Waals surface area (Å²) in [6.45, 7) is 0. The van der Waals surface area contributed by atoms with Gasteiger partial charge in [0.05, 0.1) is 53.7 Å². The number of thioether (sulfide) groups is 4. The van der Waals surface area contributed by atoms with E-state index in [0.717, 1.165) is 0 Å². The van der Waals surface area contributed by atoms with E-state index in [1.807, 2.05) is 0 Å². The predicted molar refractivity (Wildman–Crippen MR) is 235 cm³/mol. The van der Waals surface area contributed by atoms with Crippen LogP contribution in [0.1, 0.15) is 0 Å². The number of carbonyl (C=O) groups excluding carboxylic acids is 2. The minimum Gasteiger partial charge on any atom is -0.494 e. The standard InChI is InChI=1S/C40H28N6O8S6/c1-53-29-31-33(57-39(55-31)27(37(47)41-21-13-5-3-6-14-21)35-43-23-17-9-11-19-25(23)59(49,50)45-35)30(54-2)34-32(29)56-40(58-34)28(38(48)42-22-15-7-4-8-16-22)36-44-24-18-10-12-20-26(24)60(51,52)46-36/h3-20H,1-2H3,(H,41,47)(H,42,48)(H,43,45)(H,44,46). The topological polar surface area (TPSA) is 194 Å². The average Bonchev–Trinajstić information content (AvgIpc) is 3.85. The predicted octanol–water partition coefficient (Wildman–Crippen LogP) is 7.84. The third-order valence-corrected chi connectivity index (χ3v) is 17.0. The van der Waals surface area contributed by atoms with Gasteiger partial charge in [-0.05, 0) is 48.5 Å². The Labute approximate surface area is 360 Å². The molecule has 0 aromatic heterocycles. The highest BCUT2D eigenvalue weighted by atomic mass is 32.2. The van der Waals surface area contributed by atoms with Crippen molar-refractivity contribution in [2.75, 3.05) is 24.9 Å². The molecule has 0 atom stereocenters. The first-order valence-corrected chi connectivity index (χ1v) is 23.9. The van der Waals surface area contributed by atoms with Crippen LogP contribution >= 0.6 is 47.0 Å². The Morgan fingerprint density at radius 2 is 0.850 bits per heavy atom. The van der Waals surface area contributed by atoms with Crippen LogP contribution in [0.5, 0.6) is 11.5 Å².